The summed E-state index contributed by atoms with van der Waals surface area (Å²) in [6, 6.07) is 3.65. The standard InChI is InChI=1S/C16H18N6O/c1-16(2,3)22-14-13-10(4-5-19-15(13)23)8-11(21-14)20-12-9-17-6-7-18-12/h4-9H,1-3H3,(H,19,23)(H2,18,20,21,22). The summed E-state index contributed by atoms with van der Waals surface area (Å²) in [5.41, 5.74) is -0.402. The number of nitrogens with zero attached hydrogens (tertiary/aromatic N) is 3. The molecule has 3 aromatic heterocycles. The second-order valence-corrected chi connectivity index (χ2v) is 6.22. The van der Waals surface area contributed by atoms with Crippen molar-refractivity contribution in [2.45, 2.75) is 26.3 Å². The largest absolute Gasteiger partial charge is 0.365 e. The van der Waals surface area contributed by atoms with Gasteiger partial charge >= 0.3 is 0 Å². The summed E-state index contributed by atoms with van der Waals surface area (Å²) < 4.78 is 0. The molecule has 3 heterocycles. The molecule has 0 aromatic carbocycles. The van der Waals surface area contributed by atoms with E-state index >= 15 is 0 Å². The zero-order chi connectivity index (χ0) is 16.4. The van der Waals surface area contributed by atoms with Crippen LogP contribution in [-0.4, -0.2) is 25.5 Å². The molecular weight excluding hydrogens is 292 g/mol. The number of H-pyrrole nitrogens is 1. The van der Waals surface area contributed by atoms with Crippen molar-refractivity contribution in [2.75, 3.05) is 10.6 Å². The number of anilines is 3. The van der Waals surface area contributed by atoms with Crippen LogP contribution in [0.1, 0.15) is 20.8 Å². The summed E-state index contributed by atoms with van der Waals surface area (Å²) in [7, 11) is 0. The van der Waals surface area contributed by atoms with E-state index < -0.39 is 0 Å². The molecule has 23 heavy (non-hydrogen) atoms. The molecule has 0 aliphatic heterocycles. The molecule has 7 nitrogen and oxygen atoms in total. The van der Waals surface area contributed by atoms with Gasteiger partial charge in [-0.1, -0.05) is 0 Å². The van der Waals surface area contributed by atoms with Crippen LogP contribution < -0.4 is 16.2 Å². The van der Waals surface area contributed by atoms with Crippen LogP contribution in [0.5, 0.6) is 0 Å². The lowest BCUT2D eigenvalue weighted by atomic mass is 10.1. The quantitative estimate of drug-likeness (QED) is 0.688. The Labute approximate surface area is 133 Å². The van der Waals surface area contributed by atoms with Gasteiger partial charge in [-0.3, -0.25) is 9.78 Å². The van der Waals surface area contributed by atoms with Gasteiger partial charge in [-0.2, -0.15) is 0 Å². The molecule has 0 bridgehead atoms. The molecule has 0 atom stereocenters. The number of hydrogen-bond acceptors (Lipinski definition) is 6. The zero-order valence-electron chi connectivity index (χ0n) is 13.2. The van der Waals surface area contributed by atoms with Crippen LogP contribution in [0.25, 0.3) is 10.8 Å². The van der Waals surface area contributed by atoms with Crippen molar-refractivity contribution >= 4 is 28.2 Å². The van der Waals surface area contributed by atoms with Gasteiger partial charge in [-0.05, 0) is 38.3 Å². The molecule has 0 unspecified atom stereocenters. The monoisotopic (exact) mass is 310 g/mol. The van der Waals surface area contributed by atoms with Gasteiger partial charge in [0.1, 0.15) is 17.5 Å². The predicted molar refractivity (Wildman–Crippen MR) is 91.1 cm³/mol. The molecule has 0 saturated heterocycles. The Hall–Kier alpha value is -2.96. The molecule has 0 fully saturated rings. The van der Waals surface area contributed by atoms with Crippen LogP contribution in [-0.2, 0) is 0 Å². The first-order valence-corrected chi connectivity index (χ1v) is 7.26. The maximum absolute atomic E-state index is 12.2. The number of nitrogens with one attached hydrogen (secondary N) is 3. The Kier molecular flexibility index (Phi) is 3.69. The number of fused-ring (bicyclic) bond motifs is 1. The van der Waals surface area contributed by atoms with Crippen LogP contribution in [0.3, 0.4) is 0 Å². The third-order valence-corrected chi connectivity index (χ3v) is 3.07. The smallest absolute Gasteiger partial charge is 0.259 e. The minimum absolute atomic E-state index is 0.173. The van der Waals surface area contributed by atoms with E-state index in [1.54, 1.807) is 24.8 Å². The SMILES string of the molecule is CC(C)(C)Nc1nc(Nc2cnccn2)cc2cc[nH]c(=O)c12. The minimum Gasteiger partial charge on any atom is -0.365 e. The first kappa shape index (κ1) is 15.0. The highest BCUT2D eigenvalue weighted by molar-refractivity contribution is 5.93. The Morgan fingerprint density at radius 3 is 2.70 bits per heavy atom. The Balaban J connectivity index is 2.12. The predicted octanol–water partition coefficient (Wildman–Crippen LogP) is 2.67. The van der Waals surface area contributed by atoms with Gasteiger partial charge in [0, 0.05) is 24.1 Å². The van der Waals surface area contributed by atoms with E-state index in [0.717, 1.165) is 5.39 Å². The van der Waals surface area contributed by atoms with Gasteiger partial charge in [0.05, 0.1) is 11.6 Å². The highest BCUT2D eigenvalue weighted by Crippen LogP contribution is 2.25. The second kappa shape index (κ2) is 5.68. The number of aromatic amines is 1. The topological polar surface area (TPSA) is 95.6 Å². The minimum atomic E-state index is -0.229. The Morgan fingerprint density at radius 2 is 2.00 bits per heavy atom. The molecule has 0 spiro atoms. The van der Waals surface area contributed by atoms with E-state index in [1.807, 2.05) is 32.9 Å². The molecule has 118 valence electrons. The van der Waals surface area contributed by atoms with Crippen molar-refractivity contribution < 1.29 is 0 Å². The van der Waals surface area contributed by atoms with Gasteiger partial charge in [0.2, 0.25) is 0 Å². The van der Waals surface area contributed by atoms with Gasteiger partial charge in [0.15, 0.2) is 0 Å². The molecule has 3 N–H and O–H groups in total. The molecule has 0 aliphatic rings. The van der Waals surface area contributed by atoms with Crippen LogP contribution in [0, 0.1) is 0 Å². The first-order chi connectivity index (χ1) is 10.9. The van der Waals surface area contributed by atoms with Crippen LogP contribution in [0.4, 0.5) is 17.5 Å². The van der Waals surface area contributed by atoms with Crippen LogP contribution in [0.15, 0.2) is 41.7 Å². The van der Waals surface area contributed by atoms with E-state index in [1.165, 1.54) is 0 Å². The van der Waals surface area contributed by atoms with Crippen molar-refractivity contribution in [3.8, 4) is 0 Å². The lowest BCUT2D eigenvalue weighted by Gasteiger charge is -2.22. The molecule has 3 rings (SSSR count). The number of hydrogen-bond donors (Lipinski definition) is 3. The zero-order valence-corrected chi connectivity index (χ0v) is 13.2. The second-order valence-electron chi connectivity index (χ2n) is 6.22. The lowest BCUT2D eigenvalue weighted by molar-refractivity contribution is 0.631. The third-order valence-electron chi connectivity index (χ3n) is 3.07. The number of aromatic nitrogens is 4. The van der Waals surface area contributed by atoms with Crippen molar-refractivity contribution in [1.82, 2.24) is 19.9 Å². The maximum Gasteiger partial charge on any atom is 0.259 e. The van der Waals surface area contributed by atoms with Gasteiger partial charge in [-0.25, -0.2) is 9.97 Å². The average molecular weight is 310 g/mol. The molecule has 0 saturated carbocycles. The fraction of sp³-hybridized carbons (Fsp3) is 0.250. The van der Waals surface area contributed by atoms with E-state index in [0.29, 0.717) is 22.8 Å². The molecule has 0 aliphatic carbocycles. The summed E-state index contributed by atoms with van der Waals surface area (Å²) in [6.07, 6.45) is 6.44. The highest BCUT2D eigenvalue weighted by atomic mass is 16.1. The molecule has 0 radical (unpaired) electrons. The Morgan fingerprint density at radius 1 is 1.17 bits per heavy atom. The van der Waals surface area contributed by atoms with Crippen LogP contribution in [0.2, 0.25) is 0 Å². The summed E-state index contributed by atoms with van der Waals surface area (Å²) in [5.74, 6) is 1.71. The fourth-order valence-electron chi connectivity index (χ4n) is 2.22. The van der Waals surface area contributed by atoms with Gasteiger partial charge < -0.3 is 15.6 Å². The molecular formula is C16H18N6O. The Bertz CT molecular complexity index is 882. The van der Waals surface area contributed by atoms with Crippen molar-refractivity contribution in [2.24, 2.45) is 0 Å². The van der Waals surface area contributed by atoms with Crippen molar-refractivity contribution in [3.63, 3.8) is 0 Å². The number of rotatable bonds is 3. The van der Waals surface area contributed by atoms with Crippen molar-refractivity contribution in [3.05, 3.63) is 47.3 Å². The van der Waals surface area contributed by atoms with E-state index in [2.05, 4.69) is 30.6 Å². The van der Waals surface area contributed by atoms with Crippen LogP contribution >= 0.6 is 0 Å². The lowest BCUT2D eigenvalue weighted by Crippen LogP contribution is -2.28. The fourth-order valence-corrected chi connectivity index (χ4v) is 2.22. The van der Waals surface area contributed by atoms with Crippen molar-refractivity contribution in [1.29, 1.82) is 0 Å². The molecule has 7 heteroatoms. The van der Waals surface area contributed by atoms with E-state index in [4.69, 9.17) is 0 Å². The maximum atomic E-state index is 12.2. The summed E-state index contributed by atoms with van der Waals surface area (Å²) in [4.78, 5) is 27.6. The van der Waals surface area contributed by atoms with Gasteiger partial charge in [0.25, 0.3) is 5.56 Å². The van der Waals surface area contributed by atoms with E-state index in [-0.39, 0.29) is 11.1 Å². The first-order valence-electron chi connectivity index (χ1n) is 7.26. The number of pyridine rings is 2. The van der Waals surface area contributed by atoms with Gasteiger partial charge in [-0.15, -0.1) is 0 Å². The summed E-state index contributed by atoms with van der Waals surface area (Å²) >= 11 is 0. The average Bonchev–Trinajstić information content (AvgIpc) is 2.46. The molecule has 0 amide bonds. The highest BCUT2D eigenvalue weighted by Gasteiger charge is 2.16. The molecule has 3 aromatic rings. The third kappa shape index (κ3) is 3.45. The van der Waals surface area contributed by atoms with E-state index in [9.17, 15) is 4.79 Å². The summed E-state index contributed by atoms with van der Waals surface area (Å²) in [5, 5.41) is 7.72. The summed E-state index contributed by atoms with van der Waals surface area (Å²) in [6.45, 7) is 6.04. The normalized spacial score (nSPS) is 11.4.